The van der Waals surface area contributed by atoms with E-state index in [2.05, 4.69) is 20.9 Å². The summed E-state index contributed by atoms with van der Waals surface area (Å²) in [7, 11) is -3.15. The van der Waals surface area contributed by atoms with Gasteiger partial charge < -0.3 is 0 Å². The highest BCUT2D eigenvalue weighted by molar-refractivity contribution is 9.09. The van der Waals surface area contributed by atoms with Crippen LogP contribution in [-0.4, -0.2) is 41.9 Å². The number of piperidine rings is 1. The maximum Gasteiger partial charge on any atom is 0.214 e. The predicted molar refractivity (Wildman–Crippen MR) is 84.4 cm³/mol. The molecule has 4 nitrogen and oxygen atoms in total. The highest BCUT2D eigenvalue weighted by atomic mass is 79.9. The smallest absolute Gasteiger partial charge is 0.214 e. The van der Waals surface area contributed by atoms with Crippen molar-refractivity contribution in [2.24, 2.45) is 5.92 Å². The molecule has 1 unspecified atom stereocenters. The van der Waals surface area contributed by atoms with E-state index >= 15 is 0 Å². The second-order valence-corrected chi connectivity index (χ2v) is 8.11. The normalized spacial score (nSPS) is 20.9. The molecule has 0 bridgehead atoms. The Morgan fingerprint density at radius 2 is 2.25 bits per heavy atom. The number of hydrogen-bond donors (Lipinski definition) is 0. The Bertz CT molecular complexity index is 505. The Kier molecular flexibility index (Phi) is 5.99. The predicted octanol–water partition coefficient (Wildman–Crippen LogP) is 2.45. The molecule has 0 aromatic carbocycles. The topological polar surface area (TPSA) is 50.3 Å². The number of nitrogens with zero attached hydrogens (tertiary/aromatic N) is 2. The second kappa shape index (κ2) is 7.52. The third-order valence-electron chi connectivity index (χ3n) is 3.73. The maximum absolute atomic E-state index is 12.4. The highest BCUT2D eigenvalue weighted by Gasteiger charge is 2.28. The molecular formula is C14H21BrN2O2S. The number of hydrogen-bond acceptors (Lipinski definition) is 3. The molecule has 0 spiro atoms. The van der Waals surface area contributed by atoms with Crippen LogP contribution in [0, 0.1) is 5.92 Å². The lowest BCUT2D eigenvalue weighted by atomic mass is 9.97. The van der Waals surface area contributed by atoms with Gasteiger partial charge in [-0.1, -0.05) is 22.0 Å². The van der Waals surface area contributed by atoms with Gasteiger partial charge in [0, 0.05) is 36.7 Å². The van der Waals surface area contributed by atoms with Gasteiger partial charge in [-0.05, 0) is 37.3 Å². The number of alkyl halides is 1. The van der Waals surface area contributed by atoms with Crippen molar-refractivity contribution in [1.82, 2.24) is 9.29 Å². The molecule has 2 heterocycles. The summed E-state index contributed by atoms with van der Waals surface area (Å²) in [5, 5.41) is 0.944. The summed E-state index contributed by atoms with van der Waals surface area (Å²) in [6, 6.07) is 5.61. The lowest BCUT2D eigenvalue weighted by Gasteiger charge is -2.31. The summed E-state index contributed by atoms with van der Waals surface area (Å²) in [6.07, 6.45) is 5.35. The first-order chi connectivity index (χ1) is 9.62. The minimum absolute atomic E-state index is 0.158. The van der Waals surface area contributed by atoms with Crippen molar-refractivity contribution in [2.75, 3.05) is 24.2 Å². The molecule has 1 aromatic rings. The lowest BCUT2D eigenvalue weighted by molar-refractivity contribution is 0.263. The minimum Gasteiger partial charge on any atom is -0.261 e. The summed E-state index contributed by atoms with van der Waals surface area (Å²) in [5.74, 6) is 0.651. The monoisotopic (exact) mass is 360 g/mol. The number of aryl methyl sites for hydroxylation is 1. The van der Waals surface area contributed by atoms with Crippen molar-refractivity contribution in [1.29, 1.82) is 0 Å². The highest BCUT2D eigenvalue weighted by Crippen LogP contribution is 2.22. The molecule has 112 valence electrons. The van der Waals surface area contributed by atoms with Gasteiger partial charge in [0.15, 0.2) is 0 Å². The molecule has 1 aliphatic heterocycles. The molecule has 0 amide bonds. The van der Waals surface area contributed by atoms with Gasteiger partial charge in [0.05, 0.1) is 5.75 Å². The fourth-order valence-corrected chi connectivity index (χ4v) is 4.80. The Balaban J connectivity index is 1.92. The van der Waals surface area contributed by atoms with E-state index in [0.717, 1.165) is 30.3 Å². The van der Waals surface area contributed by atoms with Crippen LogP contribution >= 0.6 is 15.9 Å². The quantitative estimate of drug-likeness (QED) is 0.732. The van der Waals surface area contributed by atoms with E-state index in [4.69, 9.17) is 0 Å². The third-order valence-corrected chi connectivity index (χ3v) is 6.03. The van der Waals surface area contributed by atoms with Crippen LogP contribution in [0.5, 0.6) is 0 Å². The molecule has 1 aliphatic rings. The van der Waals surface area contributed by atoms with Crippen LogP contribution in [0.3, 0.4) is 0 Å². The molecule has 0 aliphatic carbocycles. The standard InChI is InChI=1S/C14H21BrN2O2S/c15-8-6-13-4-3-10-17(12-13)20(18,19)11-7-14-5-1-2-9-16-14/h1-2,5,9,13H,3-4,6-8,10-12H2. The number of aromatic nitrogens is 1. The Hall–Kier alpha value is -0.460. The van der Waals surface area contributed by atoms with Gasteiger partial charge in [-0.2, -0.15) is 0 Å². The van der Waals surface area contributed by atoms with Crippen molar-refractivity contribution in [3.63, 3.8) is 0 Å². The van der Waals surface area contributed by atoms with Crippen LogP contribution in [0.1, 0.15) is 25.0 Å². The zero-order chi connectivity index (χ0) is 14.4. The molecule has 1 saturated heterocycles. The fraction of sp³-hybridized carbons (Fsp3) is 0.643. The first-order valence-corrected chi connectivity index (χ1v) is 9.78. The average molecular weight is 361 g/mol. The summed E-state index contributed by atoms with van der Waals surface area (Å²) < 4.78 is 26.5. The van der Waals surface area contributed by atoms with Crippen molar-refractivity contribution in [3.8, 4) is 0 Å². The second-order valence-electron chi connectivity index (χ2n) is 5.23. The summed E-state index contributed by atoms with van der Waals surface area (Å²) >= 11 is 3.44. The molecule has 0 saturated carbocycles. The first kappa shape index (κ1) is 15.9. The van der Waals surface area contributed by atoms with Gasteiger partial charge in [-0.3, -0.25) is 4.98 Å². The van der Waals surface area contributed by atoms with Crippen LogP contribution in [0.15, 0.2) is 24.4 Å². The van der Waals surface area contributed by atoms with Gasteiger partial charge in [0.2, 0.25) is 10.0 Å². The maximum atomic E-state index is 12.4. The number of sulfonamides is 1. The number of halogens is 1. The fourth-order valence-electron chi connectivity index (χ4n) is 2.58. The summed E-state index contributed by atoms with van der Waals surface area (Å²) in [4.78, 5) is 4.18. The Morgan fingerprint density at radius 3 is 2.95 bits per heavy atom. The average Bonchev–Trinajstić information content (AvgIpc) is 2.47. The zero-order valence-electron chi connectivity index (χ0n) is 11.5. The lowest BCUT2D eigenvalue weighted by Crippen LogP contribution is -2.41. The van der Waals surface area contributed by atoms with Gasteiger partial charge in [0.25, 0.3) is 0 Å². The molecular weight excluding hydrogens is 340 g/mol. The van der Waals surface area contributed by atoms with E-state index in [1.807, 2.05) is 18.2 Å². The van der Waals surface area contributed by atoms with Crippen molar-refractivity contribution in [3.05, 3.63) is 30.1 Å². The zero-order valence-corrected chi connectivity index (χ0v) is 13.9. The first-order valence-electron chi connectivity index (χ1n) is 7.05. The molecule has 1 atom stereocenters. The Morgan fingerprint density at radius 1 is 1.40 bits per heavy atom. The van der Waals surface area contributed by atoms with Crippen LogP contribution in [0.2, 0.25) is 0 Å². The van der Waals surface area contributed by atoms with Crippen LogP contribution in [0.4, 0.5) is 0 Å². The van der Waals surface area contributed by atoms with E-state index in [1.54, 1.807) is 10.5 Å². The summed E-state index contributed by atoms with van der Waals surface area (Å²) in [6.45, 7) is 1.35. The van der Waals surface area contributed by atoms with Gasteiger partial charge in [-0.15, -0.1) is 0 Å². The molecule has 1 fully saturated rings. The van der Waals surface area contributed by atoms with E-state index in [0.29, 0.717) is 25.4 Å². The van der Waals surface area contributed by atoms with Crippen molar-refractivity contribution in [2.45, 2.75) is 25.7 Å². The molecule has 0 N–H and O–H groups in total. The molecule has 1 aromatic heterocycles. The largest absolute Gasteiger partial charge is 0.261 e. The third kappa shape index (κ3) is 4.53. The van der Waals surface area contributed by atoms with E-state index in [1.165, 1.54) is 0 Å². The van der Waals surface area contributed by atoms with Crippen LogP contribution in [0.25, 0.3) is 0 Å². The molecule has 2 rings (SSSR count). The van der Waals surface area contributed by atoms with Crippen molar-refractivity contribution < 1.29 is 8.42 Å². The summed E-state index contributed by atoms with van der Waals surface area (Å²) in [5.41, 5.74) is 0.838. The van der Waals surface area contributed by atoms with Gasteiger partial charge in [-0.25, -0.2) is 12.7 Å². The van der Waals surface area contributed by atoms with Crippen molar-refractivity contribution >= 4 is 26.0 Å². The number of rotatable bonds is 6. The minimum atomic E-state index is -3.15. The van der Waals surface area contributed by atoms with Gasteiger partial charge >= 0.3 is 0 Å². The van der Waals surface area contributed by atoms with Crippen LogP contribution in [-0.2, 0) is 16.4 Å². The molecule has 6 heteroatoms. The van der Waals surface area contributed by atoms with E-state index in [-0.39, 0.29) is 5.75 Å². The Labute approximate surface area is 129 Å². The molecule has 20 heavy (non-hydrogen) atoms. The van der Waals surface area contributed by atoms with Crippen LogP contribution < -0.4 is 0 Å². The number of pyridine rings is 1. The van der Waals surface area contributed by atoms with Gasteiger partial charge in [0.1, 0.15) is 0 Å². The SMILES string of the molecule is O=S(=O)(CCc1ccccn1)N1CCCC(CCBr)C1. The molecule has 0 radical (unpaired) electrons. The van der Waals surface area contributed by atoms with E-state index in [9.17, 15) is 8.42 Å². The van der Waals surface area contributed by atoms with E-state index < -0.39 is 10.0 Å².